The zero-order chi connectivity index (χ0) is 14.7. The van der Waals surface area contributed by atoms with Gasteiger partial charge >= 0.3 is 0 Å². The van der Waals surface area contributed by atoms with Gasteiger partial charge < -0.3 is 9.84 Å². The highest BCUT2D eigenvalue weighted by Crippen LogP contribution is 2.25. The van der Waals surface area contributed by atoms with Crippen molar-refractivity contribution in [3.05, 3.63) is 65.2 Å². The van der Waals surface area contributed by atoms with Gasteiger partial charge in [0.15, 0.2) is 0 Å². The molecule has 0 bridgehead atoms. The summed E-state index contributed by atoms with van der Waals surface area (Å²) in [7, 11) is 0. The van der Waals surface area contributed by atoms with Gasteiger partial charge in [0.05, 0.1) is 6.10 Å². The van der Waals surface area contributed by atoms with E-state index in [4.69, 9.17) is 4.74 Å². The van der Waals surface area contributed by atoms with Gasteiger partial charge in [0.2, 0.25) is 0 Å². The van der Waals surface area contributed by atoms with E-state index in [0.29, 0.717) is 11.3 Å². The highest BCUT2D eigenvalue weighted by molar-refractivity contribution is 5.34. The van der Waals surface area contributed by atoms with Crippen LogP contribution in [0.2, 0.25) is 0 Å². The second kappa shape index (κ2) is 6.01. The van der Waals surface area contributed by atoms with Gasteiger partial charge in [-0.2, -0.15) is 0 Å². The number of benzene rings is 2. The minimum atomic E-state index is -1.08. The average Bonchev–Trinajstić information content (AvgIpc) is 2.37. The second-order valence-electron chi connectivity index (χ2n) is 4.84. The van der Waals surface area contributed by atoms with Crippen LogP contribution in [0.3, 0.4) is 0 Å². The van der Waals surface area contributed by atoms with Crippen molar-refractivity contribution in [3.8, 4) is 5.75 Å². The first kappa shape index (κ1) is 14.5. The molecular formula is C16H16F2O2. The van der Waals surface area contributed by atoms with Crippen molar-refractivity contribution in [2.45, 2.75) is 26.1 Å². The molecule has 0 amide bonds. The Morgan fingerprint density at radius 1 is 0.900 bits per heavy atom. The van der Waals surface area contributed by atoms with Gasteiger partial charge in [-0.15, -0.1) is 0 Å². The predicted molar refractivity (Wildman–Crippen MR) is 72.6 cm³/mol. The third-order valence-electron chi connectivity index (χ3n) is 2.77. The number of rotatable bonds is 4. The lowest BCUT2D eigenvalue weighted by Crippen LogP contribution is -2.06. The van der Waals surface area contributed by atoms with Crippen molar-refractivity contribution < 1.29 is 18.6 Å². The Morgan fingerprint density at radius 2 is 1.45 bits per heavy atom. The van der Waals surface area contributed by atoms with Crippen LogP contribution >= 0.6 is 0 Å². The van der Waals surface area contributed by atoms with Crippen molar-refractivity contribution in [2.24, 2.45) is 0 Å². The van der Waals surface area contributed by atoms with Gasteiger partial charge in [0.1, 0.15) is 23.5 Å². The average molecular weight is 278 g/mol. The predicted octanol–water partition coefficient (Wildman–Crippen LogP) is 3.83. The van der Waals surface area contributed by atoms with Crippen LogP contribution in [0.1, 0.15) is 31.1 Å². The zero-order valence-corrected chi connectivity index (χ0v) is 11.3. The van der Waals surface area contributed by atoms with Crippen LogP contribution in [0.4, 0.5) is 8.78 Å². The lowest BCUT2D eigenvalue weighted by molar-refractivity contribution is 0.218. The normalized spacial score (nSPS) is 12.5. The highest BCUT2D eigenvalue weighted by Gasteiger charge is 2.13. The van der Waals surface area contributed by atoms with Crippen molar-refractivity contribution in [3.63, 3.8) is 0 Å². The van der Waals surface area contributed by atoms with Crippen molar-refractivity contribution >= 4 is 0 Å². The van der Waals surface area contributed by atoms with E-state index in [2.05, 4.69) is 0 Å². The maximum absolute atomic E-state index is 13.1. The molecule has 2 aromatic carbocycles. The molecular weight excluding hydrogens is 262 g/mol. The van der Waals surface area contributed by atoms with E-state index >= 15 is 0 Å². The van der Waals surface area contributed by atoms with Crippen LogP contribution in [-0.2, 0) is 0 Å². The van der Waals surface area contributed by atoms with Gasteiger partial charge in [0.25, 0.3) is 0 Å². The summed E-state index contributed by atoms with van der Waals surface area (Å²) in [6.07, 6.45) is -1.02. The molecule has 0 radical (unpaired) electrons. The molecule has 0 aromatic heterocycles. The summed E-state index contributed by atoms with van der Waals surface area (Å²) in [5.74, 6) is -0.737. The molecule has 2 rings (SSSR count). The first-order valence-corrected chi connectivity index (χ1v) is 6.36. The van der Waals surface area contributed by atoms with Gasteiger partial charge in [-0.3, -0.25) is 0 Å². The van der Waals surface area contributed by atoms with Gasteiger partial charge in [-0.1, -0.05) is 12.1 Å². The first-order chi connectivity index (χ1) is 9.45. The molecule has 2 aromatic rings. The van der Waals surface area contributed by atoms with Crippen LogP contribution in [-0.4, -0.2) is 11.2 Å². The molecule has 0 fully saturated rings. The molecule has 0 aliphatic rings. The minimum Gasteiger partial charge on any atom is -0.491 e. The van der Waals surface area contributed by atoms with Crippen molar-refractivity contribution in [1.82, 2.24) is 0 Å². The maximum Gasteiger partial charge on any atom is 0.126 e. The molecule has 20 heavy (non-hydrogen) atoms. The smallest absolute Gasteiger partial charge is 0.126 e. The molecule has 0 saturated carbocycles. The van der Waals surface area contributed by atoms with Crippen LogP contribution in [0.25, 0.3) is 0 Å². The largest absolute Gasteiger partial charge is 0.491 e. The minimum absolute atomic E-state index is 0.0584. The Morgan fingerprint density at radius 3 is 1.95 bits per heavy atom. The summed E-state index contributed by atoms with van der Waals surface area (Å²) in [6, 6.07) is 9.78. The highest BCUT2D eigenvalue weighted by atomic mass is 19.1. The molecule has 1 unspecified atom stereocenters. The van der Waals surface area contributed by atoms with Crippen LogP contribution in [0.5, 0.6) is 5.75 Å². The fourth-order valence-electron chi connectivity index (χ4n) is 1.93. The van der Waals surface area contributed by atoms with Crippen LogP contribution < -0.4 is 4.74 Å². The standard InChI is InChI=1S/C16H16F2O2/c1-10(2)20-15-5-3-11(4-6-15)16(19)12-7-13(17)9-14(18)8-12/h3-10,16,19H,1-2H3. The molecule has 0 spiro atoms. The number of hydrogen-bond acceptors (Lipinski definition) is 2. The van der Waals surface area contributed by atoms with E-state index in [0.717, 1.165) is 18.2 Å². The first-order valence-electron chi connectivity index (χ1n) is 6.36. The Balaban J connectivity index is 2.22. The van der Waals surface area contributed by atoms with Crippen molar-refractivity contribution in [1.29, 1.82) is 0 Å². The van der Waals surface area contributed by atoms with E-state index in [-0.39, 0.29) is 11.7 Å². The van der Waals surface area contributed by atoms with Gasteiger partial charge in [0, 0.05) is 6.07 Å². The quantitative estimate of drug-likeness (QED) is 0.921. The molecule has 4 heteroatoms. The molecule has 0 saturated heterocycles. The fraction of sp³-hybridized carbons (Fsp3) is 0.250. The molecule has 0 heterocycles. The molecule has 2 nitrogen and oxygen atoms in total. The second-order valence-corrected chi connectivity index (χ2v) is 4.84. The Kier molecular flexibility index (Phi) is 4.35. The third kappa shape index (κ3) is 3.54. The Hall–Kier alpha value is -1.94. The summed E-state index contributed by atoms with van der Waals surface area (Å²) in [5, 5.41) is 10.1. The SMILES string of the molecule is CC(C)Oc1ccc(C(O)c2cc(F)cc(F)c2)cc1. The number of aliphatic hydroxyl groups excluding tert-OH is 1. The topological polar surface area (TPSA) is 29.5 Å². The lowest BCUT2D eigenvalue weighted by Gasteiger charge is -2.14. The summed E-state index contributed by atoms with van der Waals surface area (Å²) in [6.45, 7) is 3.83. The molecule has 0 aliphatic heterocycles. The molecule has 1 atom stereocenters. The lowest BCUT2D eigenvalue weighted by atomic mass is 10.0. The number of hydrogen-bond donors (Lipinski definition) is 1. The van der Waals surface area contributed by atoms with Crippen LogP contribution in [0, 0.1) is 11.6 Å². The van der Waals surface area contributed by atoms with E-state index in [1.54, 1.807) is 24.3 Å². The molecule has 0 aliphatic carbocycles. The summed E-state index contributed by atoms with van der Waals surface area (Å²) in [4.78, 5) is 0. The fourth-order valence-corrected chi connectivity index (χ4v) is 1.93. The van der Waals surface area contributed by atoms with E-state index < -0.39 is 17.7 Å². The summed E-state index contributed by atoms with van der Waals surface area (Å²) < 4.78 is 31.8. The summed E-state index contributed by atoms with van der Waals surface area (Å²) in [5.41, 5.74) is 0.728. The molecule has 106 valence electrons. The Bertz CT molecular complexity index is 559. The zero-order valence-electron chi connectivity index (χ0n) is 11.3. The Labute approximate surface area is 116 Å². The monoisotopic (exact) mass is 278 g/mol. The van der Waals surface area contributed by atoms with E-state index in [1.807, 2.05) is 13.8 Å². The number of aliphatic hydroxyl groups is 1. The van der Waals surface area contributed by atoms with Crippen LogP contribution in [0.15, 0.2) is 42.5 Å². The third-order valence-corrected chi connectivity index (χ3v) is 2.77. The molecule has 1 N–H and O–H groups in total. The maximum atomic E-state index is 13.1. The number of ether oxygens (including phenoxy) is 1. The van der Waals surface area contributed by atoms with Gasteiger partial charge in [-0.05, 0) is 49.2 Å². The number of halogens is 2. The van der Waals surface area contributed by atoms with Crippen molar-refractivity contribution in [2.75, 3.05) is 0 Å². The van der Waals surface area contributed by atoms with Gasteiger partial charge in [-0.25, -0.2) is 8.78 Å². The van der Waals surface area contributed by atoms with E-state index in [1.165, 1.54) is 0 Å². The summed E-state index contributed by atoms with van der Waals surface area (Å²) >= 11 is 0. The van der Waals surface area contributed by atoms with E-state index in [9.17, 15) is 13.9 Å².